The van der Waals surface area contributed by atoms with Gasteiger partial charge in [0.05, 0.1) is 0 Å². The van der Waals surface area contributed by atoms with Crippen LogP contribution in [-0.4, -0.2) is 6.08 Å². The molecule has 1 fully saturated rings. The van der Waals surface area contributed by atoms with E-state index in [1.54, 1.807) is 25.1 Å². The van der Waals surface area contributed by atoms with Crippen molar-refractivity contribution in [1.29, 1.82) is 0 Å². The summed E-state index contributed by atoms with van der Waals surface area (Å²) in [5, 5.41) is 0. The van der Waals surface area contributed by atoms with Gasteiger partial charge in [0.2, 0.25) is 6.08 Å². The standard InChI is InChI=1S/C12H12FNO/c1-8-5-9(2)11(13)10(6-8)12(3-4-12)14-7-15/h5-6H,3-4H2,1-2H3. The van der Waals surface area contributed by atoms with E-state index in [2.05, 4.69) is 4.99 Å². The zero-order valence-electron chi connectivity index (χ0n) is 8.80. The van der Waals surface area contributed by atoms with Crippen molar-refractivity contribution in [2.75, 3.05) is 0 Å². The number of aliphatic imine (C=N–C) groups is 1. The average Bonchev–Trinajstić information content (AvgIpc) is 2.93. The van der Waals surface area contributed by atoms with E-state index in [0.717, 1.165) is 18.4 Å². The zero-order valence-corrected chi connectivity index (χ0v) is 8.80. The fourth-order valence-electron chi connectivity index (χ4n) is 1.94. The molecule has 0 saturated heterocycles. The minimum Gasteiger partial charge on any atom is -0.211 e. The molecule has 0 aliphatic heterocycles. The highest BCUT2D eigenvalue weighted by Gasteiger charge is 2.46. The Morgan fingerprint density at radius 3 is 2.60 bits per heavy atom. The number of nitrogens with zero attached hydrogens (tertiary/aromatic N) is 1. The summed E-state index contributed by atoms with van der Waals surface area (Å²) >= 11 is 0. The van der Waals surface area contributed by atoms with E-state index in [0.29, 0.717) is 11.1 Å². The molecule has 0 radical (unpaired) electrons. The number of carbonyl (C=O) groups excluding carboxylic acids is 1. The van der Waals surface area contributed by atoms with Gasteiger partial charge in [-0.2, -0.15) is 4.99 Å². The highest BCUT2D eigenvalue weighted by molar-refractivity contribution is 5.44. The van der Waals surface area contributed by atoms with Crippen molar-refractivity contribution < 1.29 is 9.18 Å². The molecule has 1 aromatic carbocycles. The molecule has 2 rings (SSSR count). The topological polar surface area (TPSA) is 29.4 Å². The summed E-state index contributed by atoms with van der Waals surface area (Å²) in [6.07, 6.45) is 3.02. The second-order valence-electron chi connectivity index (χ2n) is 4.18. The Labute approximate surface area is 87.8 Å². The van der Waals surface area contributed by atoms with Gasteiger partial charge in [0.15, 0.2) is 0 Å². The number of hydrogen-bond donors (Lipinski definition) is 0. The van der Waals surface area contributed by atoms with Crippen LogP contribution in [0.2, 0.25) is 0 Å². The summed E-state index contributed by atoms with van der Waals surface area (Å²) in [4.78, 5) is 14.0. The third-order valence-corrected chi connectivity index (χ3v) is 2.88. The minimum absolute atomic E-state index is 0.239. The van der Waals surface area contributed by atoms with Crippen LogP contribution in [0.15, 0.2) is 17.1 Å². The maximum Gasteiger partial charge on any atom is 0.235 e. The molecule has 0 amide bonds. The molecular weight excluding hydrogens is 193 g/mol. The summed E-state index contributed by atoms with van der Waals surface area (Å²) in [6.45, 7) is 3.64. The van der Waals surface area contributed by atoms with E-state index >= 15 is 0 Å². The van der Waals surface area contributed by atoms with E-state index < -0.39 is 5.54 Å². The van der Waals surface area contributed by atoms with Crippen LogP contribution in [0.5, 0.6) is 0 Å². The van der Waals surface area contributed by atoms with Crippen molar-refractivity contribution in [2.24, 2.45) is 4.99 Å². The zero-order chi connectivity index (χ0) is 11.1. The average molecular weight is 205 g/mol. The first-order valence-corrected chi connectivity index (χ1v) is 4.95. The van der Waals surface area contributed by atoms with Crippen LogP contribution in [0, 0.1) is 19.7 Å². The summed E-state index contributed by atoms with van der Waals surface area (Å²) in [7, 11) is 0. The van der Waals surface area contributed by atoms with Crippen LogP contribution in [0.4, 0.5) is 4.39 Å². The van der Waals surface area contributed by atoms with Crippen LogP contribution in [-0.2, 0) is 10.3 Å². The molecule has 0 unspecified atom stereocenters. The second-order valence-corrected chi connectivity index (χ2v) is 4.18. The monoisotopic (exact) mass is 205 g/mol. The fraction of sp³-hybridized carbons (Fsp3) is 0.417. The van der Waals surface area contributed by atoms with Gasteiger partial charge in [0.25, 0.3) is 0 Å². The number of rotatable bonds is 2. The fourth-order valence-corrected chi connectivity index (χ4v) is 1.94. The molecule has 0 heterocycles. The van der Waals surface area contributed by atoms with Crippen LogP contribution in [0.25, 0.3) is 0 Å². The Bertz CT molecular complexity index is 457. The Kier molecular flexibility index (Phi) is 2.20. The van der Waals surface area contributed by atoms with Gasteiger partial charge in [-0.15, -0.1) is 0 Å². The molecular formula is C12H12FNO. The number of aryl methyl sites for hydroxylation is 2. The van der Waals surface area contributed by atoms with Gasteiger partial charge in [0.1, 0.15) is 11.4 Å². The Morgan fingerprint density at radius 1 is 1.40 bits per heavy atom. The first kappa shape index (κ1) is 10.1. The van der Waals surface area contributed by atoms with Crippen LogP contribution >= 0.6 is 0 Å². The Balaban J connectivity index is 2.57. The molecule has 0 spiro atoms. The predicted octanol–water partition coefficient (Wildman–Crippen LogP) is 2.77. The second kappa shape index (κ2) is 3.28. The molecule has 2 nitrogen and oxygen atoms in total. The molecule has 1 aliphatic rings. The van der Waals surface area contributed by atoms with Crippen molar-refractivity contribution in [3.8, 4) is 0 Å². The molecule has 1 saturated carbocycles. The third kappa shape index (κ3) is 1.59. The minimum atomic E-state index is -0.609. The number of hydrogen-bond acceptors (Lipinski definition) is 2. The van der Waals surface area contributed by atoms with Gasteiger partial charge in [-0.25, -0.2) is 9.18 Å². The van der Waals surface area contributed by atoms with Gasteiger partial charge in [-0.3, -0.25) is 0 Å². The molecule has 15 heavy (non-hydrogen) atoms. The molecule has 1 aliphatic carbocycles. The summed E-state index contributed by atoms with van der Waals surface area (Å²) in [5.74, 6) is -0.239. The molecule has 3 heteroatoms. The van der Waals surface area contributed by atoms with E-state index in [9.17, 15) is 9.18 Å². The maximum absolute atomic E-state index is 13.9. The Morgan fingerprint density at radius 2 is 2.07 bits per heavy atom. The van der Waals surface area contributed by atoms with Gasteiger partial charge in [-0.05, 0) is 32.3 Å². The van der Waals surface area contributed by atoms with Crippen molar-refractivity contribution in [2.45, 2.75) is 32.2 Å². The first-order chi connectivity index (χ1) is 7.09. The van der Waals surface area contributed by atoms with Gasteiger partial charge >= 0.3 is 0 Å². The molecule has 0 bridgehead atoms. The SMILES string of the molecule is Cc1cc(C)c(F)c(C2(N=C=O)CC2)c1. The lowest BCUT2D eigenvalue weighted by Gasteiger charge is -2.12. The van der Waals surface area contributed by atoms with Crippen molar-refractivity contribution >= 4 is 6.08 Å². The van der Waals surface area contributed by atoms with E-state index in [1.807, 2.05) is 6.92 Å². The van der Waals surface area contributed by atoms with E-state index in [-0.39, 0.29) is 5.82 Å². The quantitative estimate of drug-likeness (QED) is 0.539. The number of benzene rings is 1. The number of halogens is 1. The van der Waals surface area contributed by atoms with Gasteiger partial charge < -0.3 is 0 Å². The summed E-state index contributed by atoms with van der Waals surface area (Å²) < 4.78 is 13.9. The highest BCUT2D eigenvalue weighted by atomic mass is 19.1. The Hall–Kier alpha value is -1.47. The van der Waals surface area contributed by atoms with Gasteiger partial charge in [0, 0.05) is 5.56 Å². The number of isocyanates is 1. The molecule has 0 atom stereocenters. The smallest absolute Gasteiger partial charge is 0.211 e. The van der Waals surface area contributed by atoms with Crippen LogP contribution in [0.1, 0.15) is 29.5 Å². The van der Waals surface area contributed by atoms with Crippen molar-refractivity contribution in [3.05, 3.63) is 34.6 Å². The summed E-state index contributed by atoms with van der Waals surface area (Å²) in [5.41, 5.74) is 1.54. The predicted molar refractivity (Wildman–Crippen MR) is 54.9 cm³/mol. The molecule has 1 aromatic rings. The van der Waals surface area contributed by atoms with E-state index in [1.165, 1.54) is 0 Å². The van der Waals surface area contributed by atoms with Crippen LogP contribution < -0.4 is 0 Å². The molecule has 0 aromatic heterocycles. The lowest BCUT2D eigenvalue weighted by molar-refractivity contribution is 0.545. The largest absolute Gasteiger partial charge is 0.235 e. The highest BCUT2D eigenvalue weighted by Crippen LogP contribution is 2.50. The van der Waals surface area contributed by atoms with Crippen molar-refractivity contribution in [3.63, 3.8) is 0 Å². The molecule has 0 N–H and O–H groups in total. The lowest BCUT2D eigenvalue weighted by atomic mass is 9.99. The summed E-state index contributed by atoms with van der Waals surface area (Å²) in [6, 6.07) is 3.57. The normalized spacial score (nSPS) is 17.0. The maximum atomic E-state index is 13.9. The third-order valence-electron chi connectivity index (χ3n) is 2.88. The van der Waals surface area contributed by atoms with Gasteiger partial charge in [-0.1, -0.05) is 17.7 Å². The van der Waals surface area contributed by atoms with Crippen LogP contribution in [0.3, 0.4) is 0 Å². The molecule has 78 valence electrons. The van der Waals surface area contributed by atoms with E-state index in [4.69, 9.17) is 0 Å². The first-order valence-electron chi connectivity index (χ1n) is 4.95. The lowest BCUT2D eigenvalue weighted by Crippen LogP contribution is -2.07. The van der Waals surface area contributed by atoms with Crippen molar-refractivity contribution in [1.82, 2.24) is 0 Å².